The predicted octanol–water partition coefficient (Wildman–Crippen LogP) is 2.02. The van der Waals surface area contributed by atoms with E-state index >= 15 is 0 Å². The van der Waals surface area contributed by atoms with Crippen molar-refractivity contribution in [2.45, 2.75) is 33.2 Å². The highest BCUT2D eigenvalue weighted by Gasteiger charge is 2.72. The van der Waals surface area contributed by atoms with Crippen LogP contribution in [0.5, 0.6) is 0 Å². The lowest BCUT2D eigenvalue weighted by molar-refractivity contribution is -0.149. The Morgan fingerprint density at radius 1 is 1.27 bits per heavy atom. The largest absolute Gasteiger partial charge is 0.351 e. The number of halogens is 1. The average molecular weight is 303 g/mol. The van der Waals surface area contributed by atoms with Gasteiger partial charge in [0.15, 0.2) is 0 Å². The minimum atomic E-state index is -1.24. The van der Waals surface area contributed by atoms with Gasteiger partial charge in [-0.1, -0.05) is 26.0 Å². The van der Waals surface area contributed by atoms with Crippen LogP contribution in [0.4, 0.5) is 4.39 Å². The zero-order chi connectivity index (χ0) is 16.1. The molecule has 2 fully saturated rings. The molecule has 4 nitrogen and oxygen atoms in total. The summed E-state index contributed by atoms with van der Waals surface area (Å²) in [6.45, 7) is 3.86. The maximum atomic E-state index is 12.9. The fraction of sp³-hybridized carbons (Fsp3) is 0.471. The molecule has 2 atom stereocenters. The number of benzene rings is 1. The second-order valence-electron chi connectivity index (χ2n) is 6.72. The fourth-order valence-electron chi connectivity index (χ4n) is 4.02. The first-order valence-electron chi connectivity index (χ1n) is 7.42. The Labute approximate surface area is 128 Å². The molecule has 1 N–H and O–H groups in total. The predicted molar refractivity (Wildman–Crippen MR) is 77.2 cm³/mol. The van der Waals surface area contributed by atoms with Crippen molar-refractivity contribution in [1.82, 2.24) is 5.32 Å². The number of fused-ring (bicyclic) bond motifs is 2. The molecule has 1 amide bonds. The van der Waals surface area contributed by atoms with Gasteiger partial charge < -0.3 is 5.32 Å². The van der Waals surface area contributed by atoms with E-state index in [9.17, 15) is 18.8 Å². The van der Waals surface area contributed by atoms with Gasteiger partial charge in [-0.15, -0.1) is 0 Å². The van der Waals surface area contributed by atoms with Crippen LogP contribution in [0.2, 0.25) is 0 Å². The lowest BCUT2D eigenvalue weighted by atomic mass is 9.68. The van der Waals surface area contributed by atoms with Gasteiger partial charge in [-0.05, 0) is 36.0 Å². The van der Waals surface area contributed by atoms with Gasteiger partial charge in [0.25, 0.3) is 0 Å². The first-order chi connectivity index (χ1) is 10.3. The normalized spacial score (nSPS) is 29.0. The number of rotatable bonds is 3. The third-order valence-corrected chi connectivity index (χ3v) is 5.46. The van der Waals surface area contributed by atoms with E-state index in [0.717, 1.165) is 5.56 Å². The zero-order valence-corrected chi connectivity index (χ0v) is 12.6. The molecule has 0 aliphatic heterocycles. The summed E-state index contributed by atoms with van der Waals surface area (Å²) in [5.41, 5.74) is -1.14. The lowest BCUT2D eigenvalue weighted by Crippen LogP contribution is -2.50. The molecule has 3 rings (SSSR count). The molecule has 2 aliphatic rings. The van der Waals surface area contributed by atoms with Gasteiger partial charge in [0.05, 0.1) is 0 Å². The molecule has 2 bridgehead atoms. The number of carbonyl (C=O) groups is 3. The molecule has 1 aromatic carbocycles. The summed E-state index contributed by atoms with van der Waals surface area (Å²) in [5, 5.41) is 2.75. The monoisotopic (exact) mass is 303 g/mol. The molecular formula is C17H18FNO3. The maximum absolute atomic E-state index is 12.9. The van der Waals surface area contributed by atoms with E-state index in [1.807, 2.05) is 13.8 Å². The second kappa shape index (κ2) is 4.73. The van der Waals surface area contributed by atoms with Crippen molar-refractivity contribution < 1.29 is 18.8 Å². The Morgan fingerprint density at radius 3 is 2.45 bits per heavy atom. The third-order valence-electron chi connectivity index (χ3n) is 5.46. The molecule has 22 heavy (non-hydrogen) atoms. The van der Waals surface area contributed by atoms with E-state index in [2.05, 4.69) is 5.32 Å². The van der Waals surface area contributed by atoms with Crippen LogP contribution in [0.15, 0.2) is 24.3 Å². The molecule has 116 valence electrons. The number of amides is 1. The van der Waals surface area contributed by atoms with Crippen molar-refractivity contribution in [3.8, 4) is 0 Å². The van der Waals surface area contributed by atoms with Gasteiger partial charge >= 0.3 is 0 Å². The number of carbonyl (C=O) groups excluding carboxylic acids is 3. The molecule has 2 unspecified atom stereocenters. The topological polar surface area (TPSA) is 63.2 Å². The molecule has 1 aromatic rings. The van der Waals surface area contributed by atoms with Crippen LogP contribution in [-0.4, -0.2) is 17.5 Å². The highest BCUT2D eigenvalue weighted by atomic mass is 19.1. The third kappa shape index (κ3) is 1.77. The van der Waals surface area contributed by atoms with Crippen LogP contribution in [-0.2, 0) is 20.9 Å². The minimum Gasteiger partial charge on any atom is -0.351 e. The Bertz CT molecular complexity index is 665. The van der Waals surface area contributed by atoms with E-state index in [1.54, 1.807) is 12.1 Å². The number of hydrogen-bond acceptors (Lipinski definition) is 3. The van der Waals surface area contributed by atoms with E-state index in [-0.39, 0.29) is 24.2 Å². The molecule has 2 saturated carbocycles. The van der Waals surface area contributed by atoms with Gasteiger partial charge in [0.1, 0.15) is 11.2 Å². The standard InChI is InChI=1S/C17H18FNO3/c1-16(2)12-7-8-17(16,14(21)13(12)20)15(22)19-9-10-3-5-11(18)6-4-10/h3-6,12H,7-9H2,1-2H3,(H,19,22). The van der Waals surface area contributed by atoms with Crippen LogP contribution in [0.1, 0.15) is 32.3 Å². The summed E-state index contributed by atoms with van der Waals surface area (Å²) in [6, 6.07) is 5.80. The van der Waals surface area contributed by atoms with E-state index < -0.39 is 22.4 Å². The maximum Gasteiger partial charge on any atom is 0.235 e. The Balaban J connectivity index is 1.81. The summed E-state index contributed by atoms with van der Waals surface area (Å²) in [7, 11) is 0. The molecule has 0 radical (unpaired) electrons. The van der Waals surface area contributed by atoms with Gasteiger partial charge in [0, 0.05) is 12.5 Å². The highest BCUT2D eigenvalue weighted by molar-refractivity contribution is 6.47. The van der Waals surface area contributed by atoms with Crippen LogP contribution >= 0.6 is 0 Å². The zero-order valence-electron chi connectivity index (χ0n) is 12.6. The smallest absolute Gasteiger partial charge is 0.235 e. The highest BCUT2D eigenvalue weighted by Crippen LogP contribution is 2.62. The van der Waals surface area contributed by atoms with Crippen molar-refractivity contribution >= 4 is 17.5 Å². The number of nitrogens with one attached hydrogen (secondary N) is 1. The number of ketones is 2. The SMILES string of the molecule is CC1(C)C2CCC1(C(=O)NCc1ccc(F)cc1)C(=O)C2=O. The molecule has 0 saturated heterocycles. The van der Waals surface area contributed by atoms with Crippen LogP contribution in [0, 0.1) is 22.6 Å². The van der Waals surface area contributed by atoms with Crippen LogP contribution in [0.3, 0.4) is 0 Å². The molecule has 2 aliphatic carbocycles. The average Bonchev–Trinajstić information content (AvgIpc) is 2.83. The summed E-state index contributed by atoms with van der Waals surface area (Å²) in [5.74, 6) is -2.04. The quantitative estimate of drug-likeness (QED) is 0.686. The van der Waals surface area contributed by atoms with Crippen molar-refractivity contribution in [2.24, 2.45) is 16.7 Å². The van der Waals surface area contributed by atoms with Gasteiger partial charge in [-0.3, -0.25) is 14.4 Å². The first-order valence-corrected chi connectivity index (χ1v) is 7.42. The summed E-state index contributed by atoms with van der Waals surface area (Å²) < 4.78 is 12.9. The second-order valence-corrected chi connectivity index (χ2v) is 6.72. The first kappa shape index (κ1) is 14.9. The number of Topliss-reactive ketones (excluding diaryl/α,β-unsaturated/α-hetero) is 2. The number of hydrogen-bond donors (Lipinski definition) is 1. The molecular weight excluding hydrogens is 285 g/mol. The Hall–Kier alpha value is -2.04. The van der Waals surface area contributed by atoms with Gasteiger partial charge in [-0.25, -0.2) is 4.39 Å². The van der Waals surface area contributed by atoms with Crippen LogP contribution in [0.25, 0.3) is 0 Å². The van der Waals surface area contributed by atoms with Gasteiger partial charge in [-0.2, -0.15) is 0 Å². The van der Waals surface area contributed by atoms with Gasteiger partial charge in [0.2, 0.25) is 17.5 Å². The minimum absolute atomic E-state index is 0.211. The molecule has 0 aromatic heterocycles. The van der Waals surface area contributed by atoms with Crippen molar-refractivity contribution in [1.29, 1.82) is 0 Å². The summed E-state index contributed by atoms with van der Waals surface area (Å²) >= 11 is 0. The van der Waals surface area contributed by atoms with E-state index in [1.165, 1.54) is 12.1 Å². The molecule has 0 heterocycles. The van der Waals surface area contributed by atoms with E-state index in [4.69, 9.17) is 0 Å². The van der Waals surface area contributed by atoms with Crippen LogP contribution < -0.4 is 5.32 Å². The fourth-order valence-corrected chi connectivity index (χ4v) is 4.02. The lowest BCUT2D eigenvalue weighted by Gasteiger charge is -2.33. The van der Waals surface area contributed by atoms with Crippen molar-refractivity contribution in [2.75, 3.05) is 0 Å². The molecule has 5 heteroatoms. The van der Waals surface area contributed by atoms with Crippen molar-refractivity contribution in [3.63, 3.8) is 0 Å². The van der Waals surface area contributed by atoms with E-state index in [0.29, 0.717) is 12.8 Å². The Kier molecular flexibility index (Phi) is 3.20. The molecule has 0 spiro atoms. The van der Waals surface area contributed by atoms with Crippen molar-refractivity contribution in [3.05, 3.63) is 35.6 Å². The Morgan fingerprint density at radius 2 is 1.91 bits per heavy atom. The summed E-state index contributed by atoms with van der Waals surface area (Å²) in [6.07, 6.45) is 1.01. The summed E-state index contributed by atoms with van der Waals surface area (Å²) in [4.78, 5) is 37.1.